The lowest BCUT2D eigenvalue weighted by Gasteiger charge is -2.10. The first-order valence-electron chi connectivity index (χ1n) is 5.82. The van der Waals surface area contributed by atoms with E-state index in [4.69, 9.17) is 4.74 Å². The highest BCUT2D eigenvalue weighted by Gasteiger charge is 2.22. The molecule has 1 unspecified atom stereocenters. The van der Waals surface area contributed by atoms with Crippen LogP contribution >= 0.6 is 11.8 Å². The van der Waals surface area contributed by atoms with Gasteiger partial charge in [0.2, 0.25) is 0 Å². The Morgan fingerprint density at radius 3 is 3.19 bits per heavy atom. The summed E-state index contributed by atoms with van der Waals surface area (Å²) in [6.45, 7) is 5.43. The Hall–Kier alpha value is -0.730. The maximum Gasteiger partial charge on any atom is 0.0543 e. The van der Waals surface area contributed by atoms with Crippen molar-refractivity contribution in [2.24, 2.45) is 0 Å². The van der Waals surface area contributed by atoms with E-state index in [2.05, 4.69) is 30.8 Å². The van der Waals surface area contributed by atoms with Crippen LogP contribution in [0.4, 0.5) is 0 Å². The van der Waals surface area contributed by atoms with Crippen LogP contribution in [0, 0.1) is 0 Å². The first kappa shape index (κ1) is 11.7. The van der Waals surface area contributed by atoms with E-state index in [1.807, 2.05) is 17.8 Å². The van der Waals surface area contributed by atoms with Crippen molar-refractivity contribution >= 4 is 11.8 Å². The Balaban J connectivity index is 1.78. The third kappa shape index (κ3) is 2.89. The highest BCUT2D eigenvalue weighted by atomic mass is 32.2. The number of fused-ring (bicyclic) bond motifs is 1. The molecule has 0 aromatic heterocycles. The fourth-order valence-electron chi connectivity index (χ4n) is 1.92. The second-order valence-electron chi connectivity index (χ2n) is 4.05. The van der Waals surface area contributed by atoms with Gasteiger partial charge in [0, 0.05) is 23.2 Å². The zero-order chi connectivity index (χ0) is 11.2. The SMILES string of the molecule is C=CCCCOCC1CSc2ccccc21. The van der Waals surface area contributed by atoms with Crippen molar-refractivity contribution in [1.82, 2.24) is 0 Å². The summed E-state index contributed by atoms with van der Waals surface area (Å²) in [7, 11) is 0. The number of hydrogen-bond acceptors (Lipinski definition) is 2. The quantitative estimate of drug-likeness (QED) is 0.546. The van der Waals surface area contributed by atoms with Crippen LogP contribution in [0.3, 0.4) is 0 Å². The molecule has 1 nitrogen and oxygen atoms in total. The molecule has 1 atom stereocenters. The zero-order valence-electron chi connectivity index (χ0n) is 9.52. The Morgan fingerprint density at radius 2 is 2.31 bits per heavy atom. The van der Waals surface area contributed by atoms with Gasteiger partial charge in [-0.2, -0.15) is 0 Å². The minimum Gasteiger partial charge on any atom is -0.381 e. The van der Waals surface area contributed by atoms with Crippen LogP contribution in [0.25, 0.3) is 0 Å². The minimum atomic E-state index is 0.588. The molecule has 0 amide bonds. The molecule has 2 rings (SSSR count). The maximum absolute atomic E-state index is 5.72. The van der Waals surface area contributed by atoms with Gasteiger partial charge in [-0.1, -0.05) is 24.3 Å². The van der Waals surface area contributed by atoms with Crippen molar-refractivity contribution < 1.29 is 4.74 Å². The fourth-order valence-corrected chi connectivity index (χ4v) is 3.16. The van der Waals surface area contributed by atoms with Crippen LogP contribution in [-0.4, -0.2) is 19.0 Å². The lowest BCUT2D eigenvalue weighted by atomic mass is 10.0. The van der Waals surface area contributed by atoms with Crippen molar-refractivity contribution in [3.63, 3.8) is 0 Å². The molecule has 86 valence electrons. The molecular weight excluding hydrogens is 216 g/mol. The van der Waals surface area contributed by atoms with Crippen molar-refractivity contribution in [1.29, 1.82) is 0 Å². The van der Waals surface area contributed by atoms with Gasteiger partial charge in [0.15, 0.2) is 0 Å². The van der Waals surface area contributed by atoms with Crippen molar-refractivity contribution in [2.45, 2.75) is 23.7 Å². The van der Waals surface area contributed by atoms with E-state index in [1.54, 1.807) is 0 Å². The van der Waals surface area contributed by atoms with Gasteiger partial charge in [-0.05, 0) is 24.5 Å². The molecule has 0 bridgehead atoms. The van der Waals surface area contributed by atoms with Crippen LogP contribution in [0.15, 0.2) is 41.8 Å². The van der Waals surface area contributed by atoms with Crippen LogP contribution < -0.4 is 0 Å². The summed E-state index contributed by atoms with van der Waals surface area (Å²) < 4.78 is 5.72. The van der Waals surface area contributed by atoms with Gasteiger partial charge in [-0.3, -0.25) is 0 Å². The third-order valence-electron chi connectivity index (χ3n) is 2.81. The highest BCUT2D eigenvalue weighted by molar-refractivity contribution is 7.99. The Kier molecular flexibility index (Phi) is 4.49. The number of ether oxygens (including phenoxy) is 1. The van der Waals surface area contributed by atoms with E-state index in [9.17, 15) is 0 Å². The summed E-state index contributed by atoms with van der Waals surface area (Å²) in [6, 6.07) is 8.67. The van der Waals surface area contributed by atoms with E-state index in [0.717, 1.165) is 26.1 Å². The molecule has 1 aliphatic rings. The number of benzene rings is 1. The van der Waals surface area contributed by atoms with E-state index in [1.165, 1.54) is 16.2 Å². The Bertz CT molecular complexity index is 348. The Morgan fingerprint density at radius 1 is 1.44 bits per heavy atom. The van der Waals surface area contributed by atoms with E-state index < -0.39 is 0 Å². The minimum absolute atomic E-state index is 0.588. The molecule has 1 aliphatic heterocycles. The molecule has 0 spiro atoms. The first-order valence-corrected chi connectivity index (χ1v) is 6.80. The summed E-state index contributed by atoms with van der Waals surface area (Å²) in [6.07, 6.45) is 4.09. The molecule has 1 heterocycles. The molecule has 2 heteroatoms. The molecule has 0 saturated heterocycles. The van der Waals surface area contributed by atoms with Gasteiger partial charge in [0.05, 0.1) is 6.61 Å². The molecule has 0 aliphatic carbocycles. The van der Waals surface area contributed by atoms with Gasteiger partial charge < -0.3 is 4.74 Å². The summed E-state index contributed by atoms with van der Waals surface area (Å²) in [5.41, 5.74) is 1.47. The van der Waals surface area contributed by atoms with Crippen LogP contribution in [0.2, 0.25) is 0 Å². The number of rotatable bonds is 6. The van der Waals surface area contributed by atoms with Gasteiger partial charge in [-0.25, -0.2) is 0 Å². The Labute approximate surface area is 102 Å². The zero-order valence-corrected chi connectivity index (χ0v) is 10.3. The highest BCUT2D eigenvalue weighted by Crippen LogP contribution is 2.39. The lowest BCUT2D eigenvalue weighted by molar-refractivity contribution is 0.123. The number of allylic oxidation sites excluding steroid dienone is 1. The van der Waals surface area contributed by atoms with Crippen molar-refractivity contribution in [3.8, 4) is 0 Å². The summed E-state index contributed by atoms with van der Waals surface area (Å²) in [5, 5.41) is 0. The van der Waals surface area contributed by atoms with Crippen LogP contribution in [0.1, 0.15) is 24.3 Å². The summed E-state index contributed by atoms with van der Waals surface area (Å²) >= 11 is 1.95. The predicted molar refractivity (Wildman–Crippen MR) is 70.2 cm³/mol. The van der Waals surface area contributed by atoms with Crippen molar-refractivity contribution in [2.75, 3.05) is 19.0 Å². The average Bonchev–Trinajstić information content (AvgIpc) is 2.73. The fraction of sp³-hybridized carbons (Fsp3) is 0.429. The molecule has 0 radical (unpaired) electrons. The lowest BCUT2D eigenvalue weighted by Crippen LogP contribution is -2.07. The van der Waals surface area contributed by atoms with E-state index in [-0.39, 0.29) is 0 Å². The van der Waals surface area contributed by atoms with Gasteiger partial charge in [0.1, 0.15) is 0 Å². The predicted octanol–water partition coefficient (Wildman–Crippen LogP) is 3.86. The summed E-state index contributed by atoms with van der Waals surface area (Å²) in [4.78, 5) is 1.43. The van der Waals surface area contributed by atoms with Gasteiger partial charge >= 0.3 is 0 Å². The van der Waals surface area contributed by atoms with Crippen LogP contribution in [0.5, 0.6) is 0 Å². The van der Waals surface area contributed by atoms with Crippen molar-refractivity contribution in [3.05, 3.63) is 42.5 Å². The molecule has 0 saturated carbocycles. The monoisotopic (exact) mass is 234 g/mol. The maximum atomic E-state index is 5.72. The van der Waals surface area contributed by atoms with Gasteiger partial charge in [-0.15, -0.1) is 18.3 Å². The normalized spacial score (nSPS) is 18.4. The molecule has 1 aromatic rings. The second kappa shape index (κ2) is 6.12. The third-order valence-corrected chi connectivity index (χ3v) is 4.07. The molecular formula is C14H18OS. The second-order valence-corrected chi connectivity index (χ2v) is 5.11. The standard InChI is InChI=1S/C14H18OS/c1-2-3-6-9-15-10-12-11-16-14-8-5-4-7-13(12)14/h2,4-5,7-8,12H,1,3,6,9-11H2. The summed E-state index contributed by atoms with van der Waals surface area (Å²) in [5.74, 6) is 1.76. The van der Waals surface area contributed by atoms with Gasteiger partial charge in [0.25, 0.3) is 0 Å². The first-order chi connectivity index (χ1) is 7.92. The molecule has 1 aromatic carbocycles. The smallest absolute Gasteiger partial charge is 0.0543 e. The van der Waals surface area contributed by atoms with E-state index in [0.29, 0.717) is 5.92 Å². The largest absolute Gasteiger partial charge is 0.381 e. The van der Waals surface area contributed by atoms with Crippen LogP contribution in [-0.2, 0) is 4.74 Å². The molecule has 0 N–H and O–H groups in total. The number of thioether (sulfide) groups is 1. The molecule has 0 fully saturated rings. The topological polar surface area (TPSA) is 9.23 Å². The average molecular weight is 234 g/mol. The number of unbranched alkanes of at least 4 members (excludes halogenated alkanes) is 1. The molecule has 16 heavy (non-hydrogen) atoms. The number of hydrogen-bond donors (Lipinski definition) is 0. The van der Waals surface area contributed by atoms with E-state index >= 15 is 0 Å².